The van der Waals surface area contributed by atoms with Gasteiger partial charge in [0.05, 0.1) is 21.7 Å². The summed E-state index contributed by atoms with van der Waals surface area (Å²) in [6.45, 7) is 0.0730. The van der Waals surface area contributed by atoms with Crippen LogP contribution in [0.3, 0.4) is 0 Å². The van der Waals surface area contributed by atoms with Gasteiger partial charge in [0.15, 0.2) is 15.6 Å². The summed E-state index contributed by atoms with van der Waals surface area (Å²) in [4.78, 5) is 23.9. The SMILES string of the molecule is CS(=O)(=O)c1ccc(Cn2c(=O)c(O)c(C(=O)O)c3sccc32)cc1. The number of nitrogens with zero attached hydrogens (tertiary/aromatic N) is 1. The summed E-state index contributed by atoms with van der Waals surface area (Å²) in [5.74, 6) is -2.18. The van der Waals surface area contributed by atoms with E-state index in [0.717, 1.165) is 17.6 Å². The van der Waals surface area contributed by atoms with Gasteiger partial charge in [-0.25, -0.2) is 13.2 Å². The molecule has 0 unspecified atom stereocenters. The highest BCUT2D eigenvalue weighted by Crippen LogP contribution is 2.29. The molecular formula is C16H13NO6S2. The molecule has 0 radical (unpaired) electrons. The molecule has 0 spiro atoms. The topological polar surface area (TPSA) is 114 Å². The summed E-state index contributed by atoms with van der Waals surface area (Å²) in [7, 11) is -3.32. The molecular weight excluding hydrogens is 366 g/mol. The molecule has 2 aromatic heterocycles. The van der Waals surface area contributed by atoms with Crippen LogP contribution in [0.2, 0.25) is 0 Å². The van der Waals surface area contributed by atoms with Crippen LogP contribution < -0.4 is 5.56 Å². The first-order valence-corrected chi connectivity index (χ1v) is 9.82. The number of thiophene rings is 1. The fourth-order valence-corrected chi connectivity index (χ4v) is 4.10. The van der Waals surface area contributed by atoms with Crippen molar-refractivity contribution in [2.45, 2.75) is 11.4 Å². The van der Waals surface area contributed by atoms with Gasteiger partial charge in [0.1, 0.15) is 5.56 Å². The van der Waals surface area contributed by atoms with E-state index in [-0.39, 0.29) is 11.4 Å². The van der Waals surface area contributed by atoms with Crippen molar-refractivity contribution in [2.24, 2.45) is 0 Å². The largest absolute Gasteiger partial charge is 0.502 e. The van der Waals surface area contributed by atoms with E-state index in [1.807, 2.05) is 0 Å². The normalized spacial score (nSPS) is 11.7. The maximum absolute atomic E-state index is 12.4. The van der Waals surface area contributed by atoms with E-state index in [9.17, 15) is 28.2 Å². The van der Waals surface area contributed by atoms with Crippen LogP contribution in [0.1, 0.15) is 15.9 Å². The zero-order valence-electron chi connectivity index (χ0n) is 13.0. The third kappa shape index (κ3) is 3.03. The number of carboxylic acid groups (broad SMARTS) is 1. The van der Waals surface area contributed by atoms with Gasteiger partial charge in [0, 0.05) is 6.26 Å². The summed E-state index contributed by atoms with van der Waals surface area (Å²) in [6, 6.07) is 7.63. The monoisotopic (exact) mass is 379 g/mol. The zero-order valence-corrected chi connectivity index (χ0v) is 14.6. The number of aromatic carboxylic acids is 1. The molecule has 0 atom stereocenters. The Hall–Kier alpha value is -2.65. The molecule has 130 valence electrons. The summed E-state index contributed by atoms with van der Waals surface area (Å²) in [5, 5.41) is 20.9. The fourth-order valence-electron chi connectivity index (χ4n) is 2.53. The Balaban J connectivity index is 2.13. The number of carboxylic acids is 1. The van der Waals surface area contributed by atoms with E-state index in [4.69, 9.17) is 0 Å². The third-order valence-corrected chi connectivity index (χ3v) is 5.80. The molecule has 7 nitrogen and oxygen atoms in total. The van der Waals surface area contributed by atoms with Crippen molar-refractivity contribution < 1.29 is 23.4 Å². The van der Waals surface area contributed by atoms with Gasteiger partial charge in [-0.1, -0.05) is 12.1 Å². The molecule has 0 aliphatic rings. The number of benzene rings is 1. The van der Waals surface area contributed by atoms with E-state index in [2.05, 4.69) is 0 Å². The Morgan fingerprint density at radius 3 is 2.40 bits per heavy atom. The molecule has 0 aliphatic heterocycles. The number of carbonyl (C=O) groups is 1. The average Bonchev–Trinajstić information content (AvgIpc) is 3.00. The smallest absolute Gasteiger partial charge is 0.341 e. The van der Waals surface area contributed by atoms with Crippen LogP contribution in [-0.2, 0) is 16.4 Å². The Kier molecular flexibility index (Phi) is 4.13. The number of hydrogen-bond acceptors (Lipinski definition) is 6. The van der Waals surface area contributed by atoms with Gasteiger partial charge in [-0.3, -0.25) is 9.36 Å². The van der Waals surface area contributed by atoms with Crippen molar-refractivity contribution in [3.8, 4) is 5.75 Å². The van der Waals surface area contributed by atoms with E-state index < -0.39 is 32.7 Å². The van der Waals surface area contributed by atoms with Crippen molar-refractivity contribution in [2.75, 3.05) is 6.26 Å². The van der Waals surface area contributed by atoms with E-state index in [1.54, 1.807) is 23.6 Å². The standard InChI is InChI=1S/C16H13NO6S2/c1-25(22,23)10-4-2-9(3-5-10)8-17-11-6-7-24-14(11)12(16(20)21)13(18)15(17)19/h2-7,18H,8H2,1H3,(H,20,21). The second kappa shape index (κ2) is 6.01. The van der Waals surface area contributed by atoms with Gasteiger partial charge in [-0.15, -0.1) is 11.3 Å². The molecule has 3 aromatic rings. The summed E-state index contributed by atoms with van der Waals surface area (Å²) in [5.41, 5.74) is -0.170. The molecule has 0 fully saturated rings. The molecule has 0 saturated carbocycles. The van der Waals surface area contributed by atoms with Gasteiger partial charge >= 0.3 is 5.97 Å². The number of aromatic nitrogens is 1. The molecule has 9 heteroatoms. The van der Waals surface area contributed by atoms with Gasteiger partial charge in [-0.2, -0.15) is 0 Å². The molecule has 1 aromatic carbocycles. The van der Waals surface area contributed by atoms with Crippen LogP contribution in [0.25, 0.3) is 10.2 Å². The molecule has 0 amide bonds. The van der Waals surface area contributed by atoms with Gasteiger partial charge < -0.3 is 10.2 Å². The van der Waals surface area contributed by atoms with Crippen LogP contribution >= 0.6 is 11.3 Å². The van der Waals surface area contributed by atoms with Gasteiger partial charge in [-0.05, 0) is 29.1 Å². The first-order valence-electron chi connectivity index (χ1n) is 7.05. The van der Waals surface area contributed by atoms with Crippen molar-refractivity contribution in [3.63, 3.8) is 0 Å². The molecule has 0 bridgehead atoms. The van der Waals surface area contributed by atoms with Gasteiger partial charge in [0.2, 0.25) is 0 Å². The van der Waals surface area contributed by atoms with E-state index >= 15 is 0 Å². The molecule has 0 saturated heterocycles. The Morgan fingerprint density at radius 1 is 1.20 bits per heavy atom. The number of pyridine rings is 1. The highest BCUT2D eigenvalue weighted by atomic mass is 32.2. The van der Waals surface area contributed by atoms with E-state index in [0.29, 0.717) is 15.8 Å². The van der Waals surface area contributed by atoms with E-state index in [1.165, 1.54) is 16.7 Å². The Morgan fingerprint density at radius 2 is 1.84 bits per heavy atom. The molecule has 2 heterocycles. The number of fused-ring (bicyclic) bond motifs is 1. The van der Waals surface area contributed by atoms with Crippen LogP contribution in [0.15, 0.2) is 45.4 Å². The zero-order chi connectivity index (χ0) is 18.4. The van der Waals surface area contributed by atoms with Crippen molar-refractivity contribution >= 4 is 37.4 Å². The van der Waals surface area contributed by atoms with Crippen molar-refractivity contribution in [3.05, 3.63) is 57.2 Å². The highest BCUT2D eigenvalue weighted by Gasteiger charge is 2.22. The minimum Gasteiger partial charge on any atom is -0.502 e. The highest BCUT2D eigenvalue weighted by molar-refractivity contribution is 7.90. The lowest BCUT2D eigenvalue weighted by molar-refractivity contribution is 0.0695. The first kappa shape index (κ1) is 17.2. The third-order valence-electron chi connectivity index (χ3n) is 3.75. The number of sulfone groups is 1. The number of hydrogen-bond donors (Lipinski definition) is 2. The quantitative estimate of drug-likeness (QED) is 0.716. The molecule has 0 aliphatic carbocycles. The molecule has 25 heavy (non-hydrogen) atoms. The van der Waals surface area contributed by atoms with Crippen LogP contribution in [0, 0.1) is 0 Å². The lowest BCUT2D eigenvalue weighted by Crippen LogP contribution is -2.22. The lowest BCUT2D eigenvalue weighted by atomic mass is 10.2. The van der Waals surface area contributed by atoms with Crippen molar-refractivity contribution in [1.29, 1.82) is 0 Å². The maximum atomic E-state index is 12.4. The van der Waals surface area contributed by atoms with Crippen molar-refractivity contribution in [1.82, 2.24) is 4.57 Å². The van der Waals surface area contributed by atoms with Crippen LogP contribution in [0.5, 0.6) is 5.75 Å². The summed E-state index contributed by atoms with van der Waals surface area (Å²) < 4.78 is 24.6. The lowest BCUT2D eigenvalue weighted by Gasteiger charge is -2.11. The first-order chi connectivity index (χ1) is 11.7. The summed E-state index contributed by atoms with van der Waals surface area (Å²) in [6.07, 6.45) is 1.10. The predicted molar refractivity (Wildman–Crippen MR) is 93.4 cm³/mol. The number of rotatable bonds is 4. The minimum absolute atomic E-state index is 0.0730. The minimum atomic E-state index is -3.32. The fraction of sp³-hybridized carbons (Fsp3) is 0.125. The van der Waals surface area contributed by atoms with Crippen LogP contribution in [-0.4, -0.2) is 35.4 Å². The van der Waals surface area contributed by atoms with Crippen LogP contribution in [0.4, 0.5) is 0 Å². The number of aromatic hydroxyl groups is 1. The Labute approximate surface area is 146 Å². The summed E-state index contributed by atoms with van der Waals surface area (Å²) >= 11 is 1.12. The maximum Gasteiger partial charge on any atom is 0.341 e. The average molecular weight is 379 g/mol. The predicted octanol–water partition coefficient (Wildman–Crippen LogP) is 1.92. The second-order valence-corrected chi connectivity index (χ2v) is 8.40. The Bertz CT molecular complexity index is 1140. The molecule has 3 rings (SSSR count). The second-order valence-electron chi connectivity index (χ2n) is 5.47. The molecule has 2 N–H and O–H groups in total. The van der Waals surface area contributed by atoms with Gasteiger partial charge in [0.25, 0.3) is 5.56 Å².